The molecule has 0 bridgehead atoms. The van der Waals surface area contributed by atoms with Crippen LogP contribution in [0.5, 0.6) is 23.0 Å². The number of hydrogen-bond donors (Lipinski definition) is 1. The topological polar surface area (TPSA) is 109 Å². The van der Waals surface area contributed by atoms with Gasteiger partial charge < -0.3 is 23.7 Å². The number of aryl methyl sites for hydroxylation is 1. The van der Waals surface area contributed by atoms with Gasteiger partial charge in [0.25, 0.3) is 0 Å². The average molecular weight is 540 g/mol. The molecule has 0 saturated carbocycles. The zero-order chi connectivity index (χ0) is 27.3. The second-order valence-corrected chi connectivity index (χ2v) is 10.2. The SMILES string of the molecule is COC(=O)c1c(/C=C/c2cc3c(cc2CCNS(=O)(=O)c2ccc(C)cc2)OCO3)ccc(OC)c1OC. The fourth-order valence-electron chi connectivity index (χ4n) is 4.07. The zero-order valence-electron chi connectivity index (χ0n) is 21.6. The van der Waals surface area contributed by atoms with Crippen molar-refractivity contribution < 1.29 is 36.9 Å². The fraction of sp³-hybridized carbons (Fsp3) is 0.250. The molecule has 0 saturated heterocycles. The van der Waals surface area contributed by atoms with Crippen molar-refractivity contribution in [2.24, 2.45) is 0 Å². The van der Waals surface area contributed by atoms with Gasteiger partial charge in [-0.3, -0.25) is 0 Å². The number of nitrogens with one attached hydrogen (secondary N) is 1. The molecular formula is C28H29NO8S. The summed E-state index contributed by atoms with van der Waals surface area (Å²) in [5.41, 5.74) is 3.36. The molecule has 0 radical (unpaired) electrons. The zero-order valence-corrected chi connectivity index (χ0v) is 22.4. The largest absolute Gasteiger partial charge is 0.493 e. The first-order chi connectivity index (χ1) is 18.3. The van der Waals surface area contributed by atoms with E-state index in [0.29, 0.717) is 29.2 Å². The van der Waals surface area contributed by atoms with Crippen molar-refractivity contribution in [3.05, 3.63) is 76.3 Å². The Bertz CT molecular complexity index is 1460. The molecule has 0 spiro atoms. The molecule has 0 aromatic heterocycles. The van der Waals surface area contributed by atoms with E-state index in [1.54, 1.807) is 42.5 Å². The van der Waals surface area contributed by atoms with Crippen LogP contribution in [0, 0.1) is 6.92 Å². The average Bonchev–Trinajstić information content (AvgIpc) is 3.38. The van der Waals surface area contributed by atoms with Gasteiger partial charge in [-0.2, -0.15) is 0 Å². The Hall–Kier alpha value is -4.02. The molecule has 4 rings (SSSR count). The second kappa shape index (κ2) is 11.6. The van der Waals surface area contributed by atoms with Crippen LogP contribution in [0.15, 0.2) is 53.4 Å². The molecule has 9 nitrogen and oxygen atoms in total. The molecule has 3 aromatic rings. The lowest BCUT2D eigenvalue weighted by Crippen LogP contribution is -2.26. The van der Waals surface area contributed by atoms with Crippen molar-refractivity contribution in [2.75, 3.05) is 34.7 Å². The van der Waals surface area contributed by atoms with Crippen molar-refractivity contribution in [2.45, 2.75) is 18.2 Å². The highest BCUT2D eigenvalue weighted by Gasteiger charge is 2.22. The van der Waals surface area contributed by atoms with Gasteiger partial charge in [0.2, 0.25) is 16.8 Å². The summed E-state index contributed by atoms with van der Waals surface area (Å²) in [6.07, 6.45) is 3.96. The summed E-state index contributed by atoms with van der Waals surface area (Å²) in [5, 5.41) is 0. The fourth-order valence-corrected chi connectivity index (χ4v) is 5.10. The van der Waals surface area contributed by atoms with Crippen molar-refractivity contribution in [1.82, 2.24) is 4.72 Å². The number of benzene rings is 3. The van der Waals surface area contributed by atoms with E-state index in [4.69, 9.17) is 23.7 Å². The van der Waals surface area contributed by atoms with Crippen LogP contribution in [0.2, 0.25) is 0 Å². The minimum atomic E-state index is -3.66. The van der Waals surface area contributed by atoms with Crippen LogP contribution in [-0.4, -0.2) is 49.1 Å². The summed E-state index contributed by atoms with van der Waals surface area (Å²) >= 11 is 0. The minimum absolute atomic E-state index is 0.101. The molecule has 0 amide bonds. The number of methoxy groups -OCH3 is 3. The van der Waals surface area contributed by atoms with E-state index in [1.807, 2.05) is 25.1 Å². The lowest BCUT2D eigenvalue weighted by atomic mass is 10.00. The summed E-state index contributed by atoms with van der Waals surface area (Å²) in [7, 11) is 0.570. The minimum Gasteiger partial charge on any atom is -0.493 e. The van der Waals surface area contributed by atoms with Crippen molar-refractivity contribution in [3.8, 4) is 23.0 Å². The van der Waals surface area contributed by atoms with Gasteiger partial charge in [0.05, 0.1) is 26.2 Å². The molecule has 1 heterocycles. The predicted molar refractivity (Wildman–Crippen MR) is 142 cm³/mol. The van der Waals surface area contributed by atoms with Crippen LogP contribution < -0.4 is 23.7 Å². The molecule has 1 aliphatic heterocycles. The van der Waals surface area contributed by atoms with E-state index < -0.39 is 16.0 Å². The molecule has 0 unspecified atom stereocenters. The maximum absolute atomic E-state index is 12.7. The van der Waals surface area contributed by atoms with Crippen LogP contribution in [0.25, 0.3) is 12.2 Å². The second-order valence-electron chi connectivity index (χ2n) is 8.46. The summed E-state index contributed by atoms with van der Waals surface area (Å²) in [6.45, 7) is 2.17. The van der Waals surface area contributed by atoms with Crippen LogP contribution in [0.3, 0.4) is 0 Å². The summed E-state index contributed by atoms with van der Waals surface area (Å²) in [5.74, 6) is 1.25. The molecule has 0 aliphatic carbocycles. The normalized spacial score (nSPS) is 12.5. The first-order valence-corrected chi connectivity index (χ1v) is 13.3. The Labute approximate surface area is 222 Å². The van der Waals surface area contributed by atoms with Gasteiger partial charge in [-0.25, -0.2) is 17.9 Å². The molecule has 1 aliphatic rings. The first-order valence-electron chi connectivity index (χ1n) is 11.8. The molecule has 0 atom stereocenters. The molecule has 3 aromatic carbocycles. The molecule has 1 N–H and O–H groups in total. The number of sulfonamides is 1. The number of rotatable bonds is 10. The van der Waals surface area contributed by atoms with E-state index in [9.17, 15) is 13.2 Å². The van der Waals surface area contributed by atoms with Crippen molar-refractivity contribution in [1.29, 1.82) is 0 Å². The van der Waals surface area contributed by atoms with Gasteiger partial charge in [-0.05, 0) is 60.4 Å². The van der Waals surface area contributed by atoms with Crippen LogP contribution >= 0.6 is 0 Å². The summed E-state index contributed by atoms with van der Waals surface area (Å²) < 4.78 is 54.9. The highest BCUT2D eigenvalue weighted by Crippen LogP contribution is 2.37. The molecule has 0 fully saturated rings. The third-order valence-electron chi connectivity index (χ3n) is 6.06. The van der Waals surface area contributed by atoms with Gasteiger partial charge in [0.15, 0.2) is 23.0 Å². The van der Waals surface area contributed by atoms with Gasteiger partial charge >= 0.3 is 5.97 Å². The maximum Gasteiger partial charge on any atom is 0.342 e. The third kappa shape index (κ3) is 5.76. The van der Waals surface area contributed by atoms with Crippen molar-refractivity contribution in [3.63, 3.8) is 0 Å². The molecule has 10 heteroatoms. The number of ether oxygens (including phenoxy) is 5. The lowest BCUT2D eigenvalue weighted by Gasteiger charge is -2.14. The molecular weight excluding hydrogens is 510 g/mol. The number of esters is 1. The predicted octanol–water partition coefficient (Wildman–Crippen LogP) is 4.22. The Morgan fingerprint density at radius 3 is 2.29 bits per heavy atom. The van der Waals surface area contributed by atoms with Gasteiger partial charge in [-0.15, -0.1) is 0 Å². The van der Waals surface area contributed by atoms with E-state index in [1.165, 1.54) is 21.3 Å². The highest BCUT2D eigenvalue weighted by molar-refractivity contribution is 7.89. The highest BCUT2D eigenvalue weighted by atomic mass is 32.2. The van der Waals surface area contributed by atoms with Gasteiger partial charge in [-0.1, -0.05) is 35.9 Å². The van der Waals surface area contributed by atoms with Crippen LogP contribution in [0.1, 0.15) is 32.6 Å². The van der Waals surface area contributed by atoms with Gasteiger partial charge in [0.1, 0.15) is 5.56 Å². The van der Waals surface area contributed by atoms with E-state index >= 15 is 0 Å². The van der Waals surface area contributed by atoms with E-state index in [-0.39, 0.29) is 29.5 Å². The Balaban J connectivity index is 1.63. The Morgan fingerprint density at radius 1 is 0.947 bits per heavy atom. The monoisotopic (exact) mass is 539 g/mol. The van der Waals surface area contributed by atoms with E-state index in [2.05, 4.69) is 4.72 Å². The van der Waals surface area contributed by atoms with E-state index in [0.717, 1.165) is 16.7 Å². The van der Waals surface area contributed by atoms with Crippen LogP contribution in [0.4, 0.5) is 0 Å². The Morgan fingerprint density at radius 2 is 1.63 bits per heavy atom. The standard InChI is InChI=1S/C28H29NO8S/c1-18-5-10-22(11-6-18)38(31,32)29-14-13-21-16-25-24(36-17-37-25)15-20(21)8-7-19-9-12-23(33-2)27(34-3)26(19)28(30)35-4/h5-12,15-16,29H,13-14,17H2,1-4H3/b8-7+. The number of carbonyl (C=O) groups is 1. The van der Waals surface area contributed by atoms with Gasteiger partial charge in [0, 0.05) is 6.54 Å². The number of fused-ring (bicyclic) bond motifs is 1. The van der Waals surface area contributed by atoms with Crippen molar-refractivity contribution >= 4 is 28.1 Å². The third-order valence-corrected chi connectivity index (χ3v) is 7.54. The van der Waals surface area contributed by atoms with Crippen LogP contribution in [-0.2, 0) is 21.2 Å². The summed E-state index contributed by atoms with van der Waals surface area (Å²) in [4.78, 5) is 12.8. The number of carbonyl (C=O) groups excluding carboxylic acids is 1. The first kappa shape index (κ1) is 27.0. The summed E-state index contributed by atoms with van der Waals surface area (Å²) in [6, 6.07) is 13.7. The number of hydrogen-bond acceptors (Lipinski definition) is 8. The molecule has 200 valence electrons. The maximum atomic E-state index is 12.7. The smallest absolute Gasteiger partial charge is 0.342 e. The quantitative estimate of drug-likeness (QED) is 0.301. The molecule has 38 heavy (non-hydrogen) atoms. The Kier molecular flexibility index (Phi) is 8.23. The lowest BCUT2D eigenvalue weighted by molar-refractivity contribution is 0.0596.